The number of para-hydroxylation sites is 1. The van der Waals surface area contributed by atoms with Crippen molar-refractivity contribution in [2.75, 3.05) is 49.4 Å². The van der Waals surface area contributed by atoms with Crippen LogP contribution in [0.25, 0.3) is 0 Å². The van der Waals surface area contributed by atoms with Gasteiger partial charge in [-0.15, -0.1) is 0 Å². The average Bonchev–Trinajstić information content (AvgIpc) is 3.36. The highest BCUT2D eigenvalue weighted by Gasteiger charge is 2.19. The molecule has 0 spiro atoms. The molecule has 0 radical (unpaired) electrons. The van der Waals surface area contributed by atoms with Gasteiger partial charge in [0.2, 0.25) is 0 Å². The monoisotopic (exact) mass is 512 g/mol. The van der Waals surface area contributed by atoms with Gasteiger partial charge in [-0.05, 0) is 69.0 Å². The van der Waals surface area contributed by atoms with E-state index < -0.39 is 7.14 Å². The predicted molar refractivity (Wildman–Crippen MR) is 149 cm³/mol. The maximum atomic E-state index is 12.8. The van der Waals surface area contributed by atoms with Crippen LogP contribution in [0, 0.1) is 0 Å². The topological polar surface area (TPSA) is 91.0 Å². The van der Waals surface area contributed by atoms with E-state index in [9.17, 15) is 4.57 Å². The summed E-state index contributed by atoms with van der Waals surface area (Å²) >= 11 is 6.47. The van der Waals surface area contributed by atoms with Crippen molar-refractivity contribution in [2.45, 2.75) is 31.6 Å². The first-order valence-electron chi connectivity index (χ1n) is 12.1. The van der Waals surface area contributed by atoms with Crippen LogP contribution in [0.2, 0.25) is 5.02 Å². The normalized spacial score (nSPS) is 14.2. The summed E-state index contributed by atoms with van der Waals surface area (Å²) in [6, 6.07) is 13.8. The highest BCUT2D eigenvalue weighted by Crippen LogP contribution is 2.39. The van der Waals surface area contributed by atoms with Crippen LogP contribution in [-0.4, -0.2) is 43.4 Å². The molecule has 2 aromatic heterocycles. The number of nitrogens with one attached hydrogen (secondary N) is 4. The second-order valence-corrected chi connectivity index (χ2v) is 12.9. The summed E-state index contributed by atoms with van der Waals surface area (Å²) in [4.78, 5) is 9.25. The van der Waals surface area contributed by atoms with Gasteiger partial charge in [-0.25, -0.2) is 9.97 Å². The Morgan fingerprint density at radius 2 is 1.71 bits per heavy atom. The third-order valence-electron chi connectivity index (χ3n) is 6.22. The first-order valence-corrected chi connectivity index (χ1v) is 15.1. The van der Waals surface area contributed by atoms with Crippen molar-refractivity contribution < 1.29 is 4.57 Å². The molecule has 35 heavy (non-hydrogen) atoms. The fourth-order valence-electron chi connectivity index (χ4n) is 4.44. The van der Waals surface area contributed by atoms with Gasteiger partial charge in [-0.2, -0.15) is 0 Å². The Morgan fingerprint density at radius 3 is 2.46 bits per heavy atom. The second kappa shape index (κ2) is 11.4. The van der Waals surface area contributed by atoms with E-state index in [1.807, 2.05) is 37.4 Å². The Morgan fingerprint density at radius 1 is 0.971 bits per heavy atom. The molecule has 1 aromatic carbocycles. The average molecular weight is 513 g/mol. The number of rotatable bonds is 10. The van der Waals surface area contributed by atoms with Gasteiger partial charge in [-0.3, -0.25) is 0 Å². The van der Waals surface area contributed by atoms with Crippen LogP contribution in [0.1, 0.15) is 37.2 Å². The van der Waals surface area contributed by atoms with E-state index in [-0.39, 0.29) is 0 Å². The van der Waals surface area contributed by atoms with Gasteiger partial charge in [0.05, 0.1) is 16.9 Å². The molecule has 1 fully saturated rings. The van der Waals surface area contributed by atoms with E-state index in [4.69, 9.17) is 16.6 Å². The lowest BCUT2D eigenvalue weighted by Gasteiger charge is -2.17. The minimum Gasteiger partial charge on any atom is -0.369 e. The first kappa shape index (κ1) is 25.5. The summed E-state index contributed by atoms with van der Waals surface area (Å²) in [6.07, 6.45) is 6.58. The van der Waals surface area contributed by atoms with E-state index in [0.717, 1.165) is 35.7 Å². The van der Waals surface area contributed by atoms with Crippen LogP contribution in [0.5, 0.6) is 0 Å². The Kier molecular flexibility index (Phi) is 8.32. The molecule has 4 N–H and O–H groups in total. The summed E-state index contributed by atoms with van der Waals surface area (Å²) in [6.45, 7) is 5.18. The first-order chi connectivity index (χ1) is 16.8. The molecule has 4 rings (SSSR count). The lowest BCUT2D eigenvalue weighted by atomic mass is 9.98. The summed E-state index contributed by atoms with van der Waals surface area (Å²) in [5, 5.41) is 14.5. The molecule has 0 aliphatic heterocycles. The zero-order valence-corrected chi connectivity index (χ0v) is 22.2. The maximum Gasteiger partial charge on any atom is 0.134 e. The molecule has 7 nitrogen and oxygen atoms in total. The minimum absolute atomic E-state index is 0.481. The number of halogens is 1. The van der Waals surface area contributed by atoms with Crippen molar-refractivity contribution in [3.63, 3.8) is 0 Å². The van der Waals surface area contributed by atoms with Gasteiger partial charge in [0.15, 0.2) is 0 Å². The molecular formula is C26H34ClN6OP. The molecule has 0 atom stereocenters. The van der Waals surface area contributed by atoms with Crippen molar-refractivity contribution >= 4 is 52.9 Å². The van der Waals surface area contributed by atoms with Crippen molar-refractivity contribution in [1.82, 2.24) is 15.3 Å². The Bertz CT molecular complexity index is 1210. The van der Waals surface area contributed by atoms with E-state index in [2.05, 4.69) is 38.4 Å². The second-order valence-electron chi connectivity index (χ2n) is 9.35. The summed E-state index contributed by atoms with van der Waals surface area (Å²) in [5.74, 6) is 2.79. The molecule has 0 amide bonds. The molecule has 1 aliphatic carbocycles. The Labute approximate surface area is 212 Å². The number of likely N-dealkylation sites (N-methyl/N-ethyl adjacent to an activating group) is 1. The summed E-state index contributed by atoms with van der Waals surface area (Å²) < 4.78 is 12.8. The number of benzene rings is 1. The fraction of sp³-hybridized carbons (Fsp3) is 0.385. The smallest absolute Gasteiger partial charge is 0.134 e. The molecule has 1 saturated carbocycles. The van der Waals surface area contributed by atoms with Crippen molar-refractivity contribution in [3.8, 4) is 0 Å². The summed E-state index contributed by atoms with van der Waals surface area (Å²) in [7, 11) is -0.529. The van der Waals surface area contributed by atoms with Gasteiger partial charge in [0.25, 0.3) is 0 Å². The molecule has 186 valence electrons. The van der Waals surface area contributed by atoms with Crippen LogP contribution < -0.4 is 26.6 Å². The number of nitrogens with zero attached hydrogens (tertiary/aromatic N) is 2. The van der Waals surface area contributed by atoms with Crippen LogP contribution in [0.4, 0.5) is 28.8 Å². The predicted octanol–water partition coefficient (Wildman–Crippen LogP) is 6.15. The molecule has 3 aromatic rings. The standard InChI is InChI=1S/C26H34ClN6OP/c1-28-12-13-29-24-14-19(18-8-4-5-9-18)15-26(32-24)33-25-16-22(20(27)17-30-25)31-21-10-6-7-11-23(21)35(2,3)34/h6-7,10-11,14-18,28H,4-5,8-9,12-13H2,1-3H3,(H3,29,30,31,32,33). The van der Waals surface area contributed by atoms with E-state index in [1.54, 1.807) is 19.5 Å². The van der Waals surface area contributed by atoms with Gasteiger partial charge in [-0.1, -0.05) is 36.6 Å². The molecule has 2 heterocycles. The molecular weight excluding hydrogens is 479 g/mol. The van der Waals surface area contributed by atoms with E-state index in [1.165, 1.54) is 31.2 Å². The summed E-state index contributed by atoms with van der Waals surface area (Å²) in [5.41, 5.74) is 2.76. The molecule has 0 unspecified atom stereocenters. The maximum absolute atomic E-state index is 12.8. The fourth-order valence-corrected chi connectivity index (χ4v) is 5.75. The number of pyridine rings is 2. The lowest BCUT2D eigenvalue weighted by molar-refractivity contribution is 0.588. The Balaban J connectivity index is 1.60. The van der Waals surface area contributed by atoms with E-state index >= 15 is 0 Å². The highest BCUT2D eigenvalue weighted by molar-refractivity contribution is 7.70. The SMILES string of the molecule is CNCCNc1cc(C2CCCC2)cc(Nc2cc(Nc3ccccc3P(C)(C)=O)c(Cl)cn2)n1. The van der Waals surface area contributed by atoms with Crippen LogP contribution in [-0.2, 0) is 4.57 Å². The molecule has 1 aliphatic rings. The van der Waals surface area contributed by atoms with Crippen LogP contribution in [0.15, 0.2) is 48.7 Å². The zero-order chi connectivity index (χ0) is 24.8. The van der Waals surface area contributed by atoms with Crippen LogP contribution >= 0.6 is 18.7 Å². The largest absolute Gasteiger partial charge is 0.369 e. The minimum atomic E-state index is -2.47. The molecule has 0 bridgehead atoms. The number of aromatic nitrogens is 2. The number of hydrogen-bond acceptors (Lipinski definition) is 7. The third kappa shape index (κ3) is 6.75. The van der Waals surface area contributed by atoms with Crippen LogP contribution in [0.3, 0.4) is 0 Å². The van der Waals surface area contributed by atoms with Crippen molar-refractivity contribution in [3.05, 3.63) is 59.2 Å². The molecule has 9 heteroatoms. The van der Waals surface area contributed by atoms with E-state index in [0.29, 0.717) is 22.4 Å². The van der Waals surface area contributed by atoms with Gasteiger partial charge in [0, 0.05) is 30.1 Å². The van der Waals surface area contributed by atoms with Crippen molar-refractivity contribution in [1.29, 1.82) is 0 Å². The number of anilines is 5. The molecule has 0 saturated heterocycles. The number of hydrogen-bond donors (Lipinski definition) is 4. The van der Waals surface area contributed by atoms with Gasteiger partial charge in [0.1, 0.15) is 24.6 Å². The lowest BCUT2D eigenvalue weighted by Crippen LogP contribution is -2.18. The quantitative estimate of drug-likeness (QED) is 0.191. The zero-order valence-electron chi connectivity index (χ0n) is 20.6. The highest BCUT2D eigenvalue weighted by atomic mass is 35.5. The van der Waals surface area contributed by atoms with Gasteiger partial charge >= 0.3 is 0 Å². The third-order valence-corrected chi connectivity index (χ3v) is 8.07. The van der Waals surface area contributed by atoms with Crippen molar-refractivity contribution in [2.24, 2.45) is 0 Å². The van der Waals surface area contributed by atoms with Gasteiger partial charge < -0.3 is 25.8 Å². The Hall–Kier alpha value is -2.60.